The van der Waals surface area contributed by atoms with Crippen molar-refractivity contribution in [2.24, 2.45) is 0 Å². The number of amides is 1. The number of carbonyl (C=O) groups is 2. The molecule has 0 radical (unpaired) electrons. The highest BCUT2D eigenvalue weighted by molar-refractivity contribution is 5.89. The van der Waals surface area contributed by atoms with E-state index in [1.807, 2.05) is 103 Å². The van der Waals surface area contributed by atoms with Gasteiger partial charge in [-0.2, -0.15) is 0 Å². The smallest absolute Gasteiger partial charge is 0.414 e. The van der Waals surface area contributed by atoms with Crippen LogP contribution in [0.25, 0.3) is 5.57 Å². The molecule has 0 spiro atoms. The lowest BCUT2D eigenvalue weighted by atomic mass is 9.91. The molecule has 0 aromatic heterocycles. The van der Waals surface area contributed by atoms with Crippen LogP contribution < -0.4 is 0 Å². The summed E-state index contributed by atoms with van der Waals surface area (Å²) < 4.78 is 11.4. The Kier molecular flexibility index (Phi) is 7.50. The van der Waals surface area contributed by atoms with E-state index in [1.54, 1.807) is 6.92 Å². The van der Waals surface area contributed by atoms with Crippen molar-refractivity contribution in [3.05, 3.63) is 139 Å². The summed E-state index contributed by atoms with van der Waals surface area (Å²) in [6.07, 6.45) is 2.31. The van der Waals surface area contributed by atoms with Gasteiger partial charge in [-0.25, -0.2) is 9.59 Å². The molecule has 3 aromatic carbocycles. The van der Waals surface area contributed by atoms with Crippen LogP contribution in [0.5, 0.6) is 0 Å². The monoisotopic (exact) mass is 479 g/mol. The molecule has 2 atom stereocenters. The molecular weight excluding hydrogens is 450 g/mol. The first-order valence-electron chi connectivity index (χ1n) is 11.7. The highest BCUT2D eigenvalue weighted by atomic mass is 16.6. The van der Waals surface area contributed by atoms with Gasteiger partial charge in [0, 0.05) is 12.0 Å². The molecule has 5 nitrogen and oxygen atoms in total. The number of ether oxygens (including phenoxy) is 2. The van der Waals surface area contributed by atoms with Crippen molar-refractivity contribution in [1.29, 1.82) is 0 Å². The number of rotatable bonds is 8. The van der Waals surface area contributed by atoms with Gasteiger partial charge in [-0.3, -0.25) is 4.90 Å². The summed E-state index contributed by atoms with van der Waals surface area (Å²) in [6.45, 7) is 10.0. The molecule has 1 heterocycles. The van der Waals surface area contributed by atoms with Crippen molar-refractivity contribution in [2.75, 3.05) is 0 Å². The van der Waals surface area contributed by atoms with Crippen LogP contribution in [-0.4, -0.2) is 22.5 Å². The predicted octanol–water partition coefficient (Wildman–Crippen LogP) is 6.86. The van der Waals surface area contributed by atoms with Crippen LogP contribution in [0, 0.1) is 0 Å². The molecule has 1 fully saturated rings. The lowest BCUT2D eigenvalue weighted by Crippen LogP contribution is -2.50. The van der Waals surface area contributed by atoms with Crippen LogP contribution in [0.3, 0.4) is 0 Å². The molecule has 0 aliphatic carbocycles. The van der Waals surface area contributed by atoms with Crippen LogP contribution in [0.2, 0.25) is 0 Å². The summed E-state index contributed by atoms with van der Waals surface area (Å²) in [7, 11) is 0. The molecule has 1 amide bonds. The Morgan fingerprint density at radius 3 is 2.17 bits per heavy atom. The third-order valence-electron chi connectivity index (χ3n) is 6.15. The third kappa shape index (κ3) is 5.47. The van der Waals surface area contributed by atoms with Crippen molar-refractivity contribution < 1.29 is 19.1 Å². The molecule has 1 saturated heterocycles. The Morgan fingerprint density at radius 2 is 1.53 bits per heavy atom. The maximum atomic E-state index is 13.4. The summed E-state index contributed by atoms with van der Waals surface area (Å²) >= 11 is 0. The molecule has 0 bridgehead atoms. The quantitative estimate of drug-likeness (QED) is 0.262. The van der Waals surface area contributed by atoms with Crippen LogP contribution in [-0.2, 0) is 20.9 Å². The van der Waals surface area contributed by atoms with E-state index >= 15 is 0 Å². The number of cyclic esters (lactones) is 1. The minimum atomic E-state index is -1.30. The first kappa shape index (κ1) is 24.7. The maximum absolute atomic E-state index is 13.4. The second kappa shape index (κ2) is 10.9. The summed E-state index contributed by atoms with van der Waals surface area (Å²) in [5, 5.41) is 0. The fourth-order valence-electron chi connectivity index (χ4n) is 4.18. The molecule has 0 N–H and O–H groups in total. The minimum Gasteiger partial charge on any atom is -0.444 e. The van der Waals surface area contributed by atoms with Gasteiger partial charge < -0.3 is 9.47 Å². The standard InChI is InChI=1S/C31H29NO4/c1-23(19-20-24(2)26-15-9-5-10-16-26)21-31(3)29(33)36-28(27-17-11-6-12-18-27)32(31)30(34)35-22-25-13-7-4-8-14-25/h4-20,28H,1-2,21-22H2,3H3/b20-19-/t28-,31+/m1/s1. The van der Waals surface area contributed by atoms with Gasteiger partial charge in [0.25, 0.3) is 0 Å². The Hall–Kier alpha value is -4.38. The summed E-state index contributed by atoms with van der Waals surface area (Å²) in [5.41, 5.74) is 2.69. The zero-order chi connectivity index (χ0) is 25.5. The van der Waals surface area contributed by atoms with Gasteiger partial charge >= 0.3 is 12.1 Å². The maximum Gasteiger partial charge on any atom is 0.414 e. The van der Waals surface area contributed by atoms with Gasteiger partial charge in [0.05, 0.1) is 0 Å². The van der Waals surface area contributed by atoms with Gasteiger partial charge in [-0.1, -0.05) is 122 Å². The topological polar surface area (TPSA) is 55.8 Å². The number of esters is 1. The number of benzene rings is 3. The van der Waals surface area contributed by atoms with Crippen molar-refractivity contribution in [3.63, 3.8) is 0 Å². The lowest BCUT2D eigenvalue weighted by Gasteiger charge is -2.33. The summed E-state index contributed by atoms with van der Waals surface area (Å²) in [6, 6.07) is 28.4. The Morgan fingerprint density at radius 1 is 0.944 bits per heavy atom. The van der Waals surface area contributed by atoms with Gasteiger partial charge in [0.15, 0.2) is 0 Å². The van der Waals surface area contributed by atoms with E-state index in [0.29, 0.717) is 11.1 Å². The first-order valence-corrected chi connectivity index (χ1v) is 11.7. The van der Waals surface area contributed by atoms with E-state index in [9.17, 15) is 9.59 Å². The number of hydrogen-bond acceptors (Lipinski definition) is 4. The minimum absolute atomic E-state index is 0.0830. The van der Waals surface area contributed by atoms with E-state index in [-0.39, 0.29) is 13.0 Å². The Bertz CT molecular complexity index is 1270. The van der Waals surface area contributed by atoms with E-state index in [0.717, 1.165) is 16.7 Å². The molecule has 4 rings (SSSR count). The van der Waals surface area contributed by atoms with Crippen molar-refractivity contribution in [3.8, 4) is 0 Å². The summed E-state index contributed by atoms with van der Waals surface area (Å²) in [5.74, 6) is -0.510. The zero-order valence-corrected chi connectivity index (χ0v) is 20.3. The molecule has 182 valence electrons. The number of hydrogen-bond donors (Lipinski definition) is 0. The average Bonchev–Trinajstić information content (AvgIpc) is 3.17. The normalized spacial score (nSPS) is 19.2. The second-order valence-corrected chi connectivity index (χ2v) is 8.91. The molecule has 3 aromatic rings. The third-order valence-corrected chi connectivity index (χ3v) is 6.15. The van der Waals surface area contributed by atoms with Crippen LogP contribution in [0.15, 0.2) is 122 Å². The fraction of sp³-hybridized carbons (Fsp3) is 0.161. The van der Waals surface area contributed by atoms with Gasteiger partial charge in [-0.05, 0) is 23.6 Å². The average molecular weight is 480 g/mol. The molecule has 36 heavy (non-hydrogen) atoms. The van der Waals surface area contributed by atoms with Gasteiger partial charge in [-0.15, -0.1) is 0 Å². The molecule has 0 unspecified atom stereocenters. The SMILES string of the molecule is C=C(/C=C\C(=C)c1ccccc1)C[C@@]1(C)C(=O)O[C@H](c2ccccc2)N1C(=O)OCc1ccccc1. The van der Waals surface area contributed by atoms with Gasteiger partial charge in [0.2, 0.25) is 6.23 Å². The van der Waals surface area contributed by atoms with Crippen molar-refractivity contribution in [2.45, 2.75) is 31.7 Å². The van der Waals surface area contributed by atoms with Gasteiger partial charge in [0.1, 0.15) is 12.1 Å². The number of carbonyl (C=O) groups excluding carboxylic acids is 2. The van der Waals surface area contributed by atoms with E-state index in [1.165, 1.54) is 4.90 Å². The largest absolute Gasteiger partial charge is 0.444 e. The number of nitrogens with zero attached hydrogens (tertiary/aromatic N) is 1. The zero-order valence-electron chi connectivity index (χ0n) is 20.3. The molecule has 0 saturated carbocycles. The van der Waals surface area contributed by atoms with E-state index in [2.05, 4.69) is 13.2 Å². The van der Waals surface area contributed by atoms with Crippen LogP contribution in [0.4, 0.5) is 4.79 Å². The highest BCUT2D eigenvalue weighted by Crippen LogP contribution is 2.42. The Labute approximate surface area is 212 Å². The lowest BCUT2D eigenvalue weighted by molar-refractivity contribution is -0.145. The fourth-order valence-corrected chi connectivity index (χ4v) is 4.18. The second-order valence-electron chi connectivity index (χ2n) is 8.91. The van der Waals surface area contributed by atoms with E-state index < -0.39 is 23.8 Å². The summed E-state index contributed by atoms with van der Waals surface area (Å²) in [4.78, 5) is 28.0. The predicted molar refractivity (Wildman–Crippen MR) is 141 cm³/mol. The van der Waals surface area contributed by atoms with Crippen molar-refractivity contribution in [1.82, 2.24) is 4.90 Å². The van der Waals surface area contributed by atoms with Crippen LogP contribution >= 0.6 is 0 Å². The molecule has 1 aliphatic rings. The first-order chi connectivity index (χ1) is 17.4. The molecule has 5 heteroatoms. The molecular formula is C31H29NO4. The van der Waals surface area contributed by atoms with Crippen LogP contribution in [0.1, 0.15) is 36.3 Å². The van der Waals surface area contributed by atoms with E-state index in [4.69, 9.17) is 9.47 Å². The van der Waals surface area contributed by atoms with Crippen molar-refractivity contribution >= 4 is 17.6 Å². The highest BCUT2D eigenvalue weighted by Gasteiger charge is 2.55. The Balaban J connectivity index is 1.56. The number of allylic oxidation sites excluding steroid dienone is 3. The molecule has 1 aliphatic heterocycles.